The van der Waals surface area contributed by atoms with Gasteiger partial charge in [-0.25, -0.2) is 14.7 Å². The van der Waals surface area contributed by atoms with E-state index in [0.29, 0.717) is 5.56 Å². The molecule has 1 unspecified atom stereocenters. The van der Waals surface area contributed by atoms with Crippen LogP contribution in [0.25, 0.3) is 0 Å². The van der Waals surface area contributed by atoms with Crippen molar-refractivity contribution in [3.05, 3.63) is 58.6 Å². The molecule has 174 valence electrons. The van der Waals surface area contributed by atoms with Crippen LogP contribution < -0.4 is 10.8 Å². The summed E-state index contributed by atoms with van der Waals surface area (Å²) in [5.74, 6) is -0.537. The average molecular weight is 482 g/mol. The lowest BCUT2D eigenvalue weighted by atomic mass is 10.2. The van der Waals surface area contributed by atoms with Gasteiger partial charge >= 0.3 is 5.69 Å². The molecule has 0 spiro atoms. The third-order valence-electron chi connectivity index (χ3n) is 4.72. The van der Waals surface area contributed by atoms with E-state index in [1.165, 1.54) is 16.8 Å². The SMILES string of the molecule is CCCCO[P+](O)([S-])OC[C@H]1O[C@@H](n2ccc(N=C([O-])c3ccccc3)nc2=O)C[C@@H]1O. The number of hydrogen-bond donors (Lipinski definition) is 2. The van der Waals surface area contributed by atoms with E-state index in [1.807, 2.05) is 6.92 Å². The van der Waals surface area contributed by atoms with E-state index in [1.54, 1.807) is 30.3 Å². The Kier molecular flexibility index (Phi) is 8.78. The molecule has 1 saturated heterocycles. The molecule has 1 aromatic heterocycles. The Balaban J connectivity index is 1.62. The molecule has 1 fully saturated rings. The third kappa shape index (κ3) is 6.82. The first kappa shape index (κ1) is 24.8. The molecule has 0 aliphatic carbocycles. The Hall–Kier alpha value is -1.85. The van der Waals surface area contributed by atoms with Crippen molar-refractivity contribution in [1.29, 1.82) is 0 Å². The highest BCUT2D eigenvalue weighted by atomic mass is 32.7. The molecule has 2 heterocycles. The summed E-state index contributed by atoms with van der Waals surface area (Å²) in [5.41, 5.74) is -0.298. The number of aliphatic hydroxyl groups excluding tert-OH is 1. The summed E-state index contributed by atoms with van der Waals surface area (Å²) < 4.78 is 17.4. The first-order valence-electron chi connectivity index (χ1n) is 10.1. The van der Waals surface area contributed by atoms with E-state index in [9.17, 15) is 19.9 Å². The Morgan fingerprint density at radius 3 is 2.81 bits per heavy atom. The standard InChI is InChI=1S/C20H26N3O7PS/c1-2-3-11-28-31(27,32)29-13-16-15(24)12-18(30-16)23-10-9-17(22-20(23)26)21-19(25)14-7-5-4-6-8-14/h4-10,15-16,18,24H,2-3,11-13H2,1H3,(H,27,32)(H,21,22,25,26)/p-1/t15-,16+,18+,31?/m0/s1. The summed E-state index contributed by atoms with van der Waals surface area (Å²) in [6.45, 7) is 2.08. The van der Waals surface area contributed by atoms with Crippen LogP contribution in [0.3, 0.4) is 0 Å². The fourth-order valence-electron chi connectivity index (χ4n) is 3.00. The summed E-state index contributed by atoms with van der Waals surface area (Å²) in [6.07, 6.45) is 0.590. The quantitative estimate of drug-likeness (QED) is 0.169. The Labute approximate surface area is 191 Å². The van der Waals surface area contributed by atoms with Crippen molar-refractivity contribution in [3.8, 4) is 0 Å². The van der Waals surface area contributed by atoms with Gasteiger partial charge < -0.3 is 27.2 Å². The minimum absolute atomic E-state index is 0.0243. The minimum Gasteiger partial charge on any atom is -0.858 e. The van der Waals surface area contributed by atoms with Crippen molar-refractivity contribution >= 4 is 31.1 Å². The Morgan fingerprint density at radius 1 is 1.38 bits per heavy atom. The molecule has 1 aliphatic heterocycles. The molecule has 0 bridgehead atoms. The predicted molar refractivity (Wildman–Crippen MR) is 119 cm³/mol. The number of aliphatic imine (C=N–C) groups is 1. The summed E-state index contributed by atoms with van der Waals surface area (Å²) >= 11 is 4.94. The first-order chi connectivity index (χ1) is 15.3. The van der Waals surface area contributed by atoms with Gasteiger partial charge in [0, 0.05) is 12.6 Å². The topological polar surface area (TPSA) is 138 Å². The lowest BCUT2D eigenvalue weighted by Crippen LogP contribution is -2.28. The second-order valence-corrected chi connectivity index (χ2v) is 9.98. The summed E-state index contributed by atoms with van der Waals surface area (Å²) in [6, 6.07) is 9.85. The number of unbranched alkanes of at least 4 members (excludes halogenated alkanes) is 1. The Bertz CT molecular complexity index is 973. The molecular formula is C20H25N3O7PS-. The van der Waals surface area contributed by atoms with Crippen molar-refractivity contribution in [2.24, 2.45) is 4.99 Å². The van der Waals surface area contributed by atoms with E-state index in [2.05, 4.69) is 9.98 Å². The maximum absolute atomic E-state index is 12.4. The number of rotatable bonds is 10. The average Bonchev–Trinajstić information content (AvgIpc) is 3.13. The molecule has 0 saturated carbocycles. The lowest BCUT2D eigenvalue weighted by Gasteiger charge is -2.23. The van der Waals surface area contributed by atoms with Crippen LogP contribution in [0.1, 0.15) is 38.0 Å². The molecule has 32 heavy (non-hydrogen) atoms. The van der Waals surface area contributed by atoms with Crippen molar-refractivity contribution in [1.82, 2.24) is 9.55 Å². The highest BCUT2D eigenvalue weighted by Gasteiger charge is 2.38. The normalized spacial score (nSPS) is 23.2. The molecule has 12 heteroatoms. The molecule has 0 amide bonds. The van der Waals surface area contributed by atoms with Gasteiger partial charge in [0.05, 0.1) is 12.7 Å². The number of nitrogens with zero attached hydrogens (tertiary/aromatic N) is 3. The van der Waals surface area contributed by atoms with Gasteiger partial charge in [0.1, 0.15) is 18.9 Å². The van der Waals surface area contributed by atoms with Crippen molar-refractivity contribution in [2.75, 3.05) is 13.2 Å². The van der Waals surface area contributed by atoms with Gasteiger partial charge in [0.25, 0.3) is 7.15 Å². The van der Waals surface area contributed by atoms with Crippen LogP contribution in [0.2, 0.25) is 0 Å². The van der Waals surface area contributed by atoms with Gasteiger partial charge in [-0.3, -0.25) is 4.57 Å². The third-order valence-corrected chi connectivity index (χ3v) is 6.34. The van der Waals surface area contributed by atoms with Gasteiger partial charge in [0.2, 0.25) is 0 Å². The number of aromatic nitrogens is 2. The van der Waals surface area contributed by atoms with E-state index < -0.39 is 37.2 Å². The zero-order chi connectivity index (χ0) is 23.1. The van der Waals surface area contributed by atoms with Gasteiger partial charge in [-0.15, -0.1) is 0 Å². The molecule has 1 aromatic carbocycles. The number of aliphatic hydroxyl groups is 1. The Morgan fingerprint density at radius 2 is 2.12 bits per heavy atom. The number of benzene rings is 1. The van der Waals surface area contributed by atoms with E-state index in [-0.39, 0.29) is 25.5 Å². The second kappa shape index (κ2) is 11.3. The van der Waals surface area contributed by atoms with Gasteiger partial charge in [-0.1, -0.05) is 43.7 Å². The molecule has 10 nitrogen and oxygen atoms in total. The zero-order valence-corrected chi connectivity index (χ0v) is 19.2. The van der Waals surface area contributed by atoms with Crippen LogP contribution >= 0.6 is 7.15 Å². The van der Waals surface area contributed by atoms with Crippen molar-refractivity contribution in [2.45, 2.75) is 44.6 Å². The molecule has 2 N–H and O–H groups in total. The largest absolute Gasteiger partial charge is 0.858 e. The number of ether oxygens (including phenoxy) is 1. The van der Waals surface area contributed by atoms with Crippen LogP contribution in [0.5, 0.6) is 0 Å². The lowest BCUT2D eigenvalue weighted by molar-refractivity contribution is -0.212. The summed E-state index contributed by atoms with van der Waals surface area (Å²) in [7, 11) is -3.43. The van der Waals surface area contributed by atoms with Gasteiger partial charge in [0.15, 0.2) is 5.82 Å². The van der Waals surface area contributed by atoms with Gasteiger partial charge in [-0.2, -0.15) is 14.0 Å². The van der Waals surface area contributed by atoms with Crippen LogP contribution in [0.15, 0.2) is 52.4 Å². The van der Waals surface area contributed by atoms with E-state index in [4.69, 9.17) is 26.0 Å². The fraction of sp³-hybridized carbons (Fsp3) is 0.450. The van der Waals surface area contributed by atoms with E-state index >= 15 is 0 Å². The van der Waals surface area contributed by atoms with Crippen molar-refractivity contribution in [3.63, 3.8) is 0 Å². The molecule has 4 atom stereocenters. The van der Waals surface area contributed by atoms with Crippen LogP contribution in [0.4, 0.5) is 5.82 Å². The smallest absolute Gasteiger partial charge is 0.351 e. The first-order valence-corrected chi connectivity index (χ1v) is 12.7. The highest BCUT2D eigenvalue weighted by Crippen LogP contribution is 2.55. The zero-order valence-electron chi connectivity index (χ0n) is 17.4. The van der Waals surface area contributed by atoms with Crippen LogP contribution in [-0.2, 0) is 26.0 Å². The molecule has 2 aromatic rings. The fourth-order valence-corrected chi connectivity index (χ4v) is 4.18. The molecule has 0 radical (unpaired) electrons. The second-order valence-electron chi connectivity index (χ2n) is 7.14. The minimum atomic E-state index is -3.43. The van der Waals surface area contributed by atoms with E-state index in [0.717, 1.165) is 12.8 Å². The van der Waals surface area contributed by atoms with Gasteiger partial charge in [-0.05, 0) is 23.9 Å². The predicted octanol–water partition coefficient (Wildman–Crippen LogP) is 1.38. The maximum atomic E-state index is 12.4. The molecule has 3 rings (SSSR count). The molecule has 1 aliphatic rings. The highest BCUT2D eigenvalue weighted by molar-refractivity contribution is 8.35. The number of hydrogen-bond acceptors (Lipinski definition) is 10. The maximum Gasteiger partial charge on any atom is 0.351 e. The van der Waals surface area contributed by atoms with Crippen molar-refractivity contribution < 1.29 is 28.9 Å². The summed E-state index contributed by atoms with van der Waals surface area (Å²) in [4.78, 5) is 30.1. The summed E-state index contributed by atoms with van der Waals surface area (Å²) in [5, 5.41) is 22.4. The molecular weight excluding hydrogens is 457 g/mol. The van der Waals surface area contributed by atoms with Crippen LogP contribution in [-0.4, -0.2) is 50.9 Å². The monoisotopic (exact) mass is 482 g/mol. The van der Waals surface area contributed by atoms with Crippen LogP contribution in [0, 0.1) is 0 Å².